The van der Waals surface area contributed by atoms with E-state index in [9.17, 15) is 14.9 Å². The van der Waals surface area contributed by atoms with E-state index in [1.165, 1.54) is 24.5 Å². The quantitative estimate of drug-likeness (QED) is 0.228. The van der Waals surface area contributed by atoms with E-state index in [1.54, 1.807) is 12.1 Å². The molecule has 25 heavy (non-hydrogen) atoms. The molecule has 0 spiro atoms. The van der Waals surface area contributed by atoms with Crippen molar-refractivity contribution in [3.63, 3.8) is 0 Å². The predicted octanol–water partition coefficient (Wildman–Crippen LogP) is 3.11. The van der Waals surface area contributed by atoms with Gasteiger partial charge in [-0.05, 0) is 68.9 Å². The zero-order valence-electron chi connectivity index (χ0n) is 12.3. The Morgan fingerprint density at radius 1 is 1.44 bits per heavy atom. The number of hydrogen-bond donors (Lipinski definition) is 2. The molecule has 2 N–H and O–H groups in total. The smallest absolute Gasteiger partial charge is 0.341 e. The van der Waals surface area contributed by atoms with Gasteiger partial charge in [-0.3, -0.25) is 15.5 Å². The molecule has 11 heteroatoms. The number of carbonyl (C=O) groups is 1. The lowest BCUT2D eigenvalue weighted by molar-refractivity contribution is -0.384. The number of hydrogen-bond acceptors (Lipinski definition) is 7. The fourth-order valence-electron chi connectivity index (χ4n) is 1.72. The molecule has 0 aliphatic heterocycles. The minimum atomic E-state index is -1.06. The number of carboxylic acids is 1. The van der Waals surface area contributed by atoms with E-state index >= 15 is 0 Å². The first-order valence-electron chi connectivity index (χ1n) is 6.60. The van der Waals surface area contributed by atoms with Gasteiger partial charge in [0.1, 0.15) is 5.75 Å². The number of anilines is 1. The highest BCUT2D eigenvalue weighted by Crippen LogP contribution is 2.28. The summed E-state index contributed by atoms with van der Waals surface area (Å²) in [6, 6.07) is 6.29. The average molecular weight is 568 g/mol. The molecule has 1 aromatic carbocycles. The summed E-state index contributed by atoms with van der Waals surface area (Å²) in [6.45, 7) is -0.426. The van der Waals surface area contributed by atoms with Crippen LogP contribution in [-0.2, 0) is 4.79 Å². The molecule has 0 saturated carbocycles. The Hall–Kier alpha value is -2.03. The number of halogens is 2. The van der Waals surface area contributed by atoms with Crippen LogP contribution >= 0.6 is 45.2 Å². The van der Waals surface area contributed by atoms with Crippen molar-refractivity contribution >= 4 is 68.9 Å². The number of rotatable bonds is 7. The molecule has 1 aromatic heterocycles. The normalized spacial score (nSPS) is 10.6. The molecular weight excluding hydrogens is 558 g/mol. The lowest BCUT2D eigenvalue weighted by atomic mass is 10.2. The van der Waals surface area contributed by atoms with E-state index in [0.717, 1.165) is 7.14 Å². The Kier molecular flexibility index (Phi) is 6.86. The van der Waals surface area contributed by atoms with Crippen LogP contribution in [0, 0.1) is 17.3 Å². The standard InChI is InChI=1S/C14H10I2N4O5/c15-9-4-8(5-10(16)13(9)25-7-12(21)22)6-18-19-14-11(20(23)24)2-1-3-17-14/h1-6H,7H2,(H,17,19)(H,21,22)/b18-6-. The van der Waals surface area contributed by atoms with Crippen molar-refractivity contribution in [1.29, 1.82) is 0 Å². The molecule has 0 aliphatic rings. The van der Waals surface area contributed by atoms with Crippen molar-refractivity contribution in [2.75, 3.05) is 12.0 Å². The molecule has 9 nitrogen and oxygen atoms in total. The van der Waals surface area contributed by atoms with Gasteiger partial charge >= 0.3 is 11.7 Å². The van der Waals surface area contributed by atoms with Crippen molar-refractivity contribution in [3.8, 4) is 5.75 Å². The zero-order valence-corrected chi connectivity index (χ0v) is 16.7. The number of pyridine rings is 1. The minimum absolute atomic E-state index is 0.0366. The van der Waals surface area contributed by atoms with E-state index < -0.39 is 17.5 Å². The third kappa shape index (κ3) is 5.48. The maximum atomic E-state index is 10.9. The molecule has 0 fully saturated rings. The zero-order chi connectivity index (χ0) is 18.4. The number of carboxylic acid groups (broad SMARTS) is 1. The number of benzene rings is 1. The summed E-state index contributed by atoms with van der Waals surface area (Å²) in [5.41, 5.74) is 3.07. The van der Waals surface area contributed by atoms with E-state index in [-0.39, 0.29) is 11.5 Å². The van der Waals surface area contributed by atoms with Gasteiger partial charge in [-0.25, -0.2) is 9.78 Å². The second-order valence-corrected chi connectivity index (χ2v) is 6.82. The van der Waals surface area contributed by atoms with Crippen molar-refractivity contribution < 1.29 is 19.6 Å². The van der Waals surface area contributed by atoms with Crippen LogP contribution in [0.5, 0.6) is 5.75 Å². The van der Waals surface area contributed by atoms with Crippen LogP contribution in [0.1, 0.15) is 5.56 Å². The van der Waals surface area contributed by atoms with Gasteiger partial charge < -0.3 is 9.84 Å². The Labute approximate surface area is 168 Å². The third-order valence-corrected chi connectivity index (χ3v) is 4.33. The maximum Gasteiger partial charge on any atom is 0.341 e. The molecule has 130 valence electrons. The molecule has 1 heterocycles. The lowest BCUT2D eigenvalue weighted by Gasteiger charge is -2.09. The summed E-state index contributed by atoms with van der Waals surface area (Å²) in [5.74, 6) is -0.540. The van der Waals surface area contributed by atoms with Crippen molar-refractivity contribution in [3.05, 3.63) is 53.3 Å². The molecule has 0 amide bonds. The molecule has 0 aliphatic carbocycles. The molecule has 0 bridgehead atoms. The van der Waals surface area contributed by atoms with Gasteiger partial charge in [-0.15, -0.1) is 0 Å². The number of nitrogens with zero attached hydrogens (tertiary/aromatic N) is 3. The number of nitro groups is 1. The Morgan fingerprint density at radius 3 is 2.72 bits per heavy atom. The molecule has 2 aromatic rings. The second-order valence-electron chi connectivity index (χ2n) is 4.49. The Bertz CT molecular complexity index is 821. The van der Waals surface area contributed by atoms with Crippen LogP contribution in [0.2, 0.25) is 0 Å². The monoisotopic (exact) mass is 568 g/mol. The molecule has 0 unspecified atom stereocenters. The van der Waals surface area contributed by atoms with E-state index in [4.69, 9.17) is 9.84 Å². The molecule has 0 radical (unpaired) electrons. The van der Waals surface area contributed by atoms with Crippen molar-refractivity contribution in [2.45, 2.75) is 0 Å². The molecule has 0 saturated heterocycles. The number of aliphatic carboxylic acids is 1. The third-order valence-electron chi connectivity index (χ3n) is 2.73. The topological polar surface area (TPSA) is 127 Å². The summed E-state index contributed by atoms with van der Waals surface area (Å²) in [7, 11) is 0. The fourth-order valence-corrected chi connectivity index (χ4v) is 3.85. The van der Waals surface area contributed by atoms with Gasteiger partial charge in [-0.2, -0.15) is 5.10 Å². The predicted molar refractivity (Wildman–Crippen MR) is 107 cm³/mol. The highest BCUT2D eigenvalue weighted by molar-refractivity contribution is 14.1. The highest BCUT2D eigenvalue weighted by Gasteiger charge is 2.13. The van der Waals surface area contributed by atoms with E-state index in [1.807, 2.05) is 45.2 Å². The highest BCUT2D eigenvalue weighted by atomic mass is 127. The van der Waals surface area contributed by atoms with E-state index in [2.05, 4.69) is 15.5 Å². The van der Waals surface area contributed by atoms with Gasteiger partial charge in [0.05, 0.1) is 18.3 Å². The van der Waals surface area contributed by atoms with Gasteiger partial charge in [0.2, 0.25) is 5.82 Å². The number of aromatic nitrogens is 1. The summed E-state index contributed by atoms with van der Waals surface area (Å²) in [5, 5.41) is 23.5. The van der Waals surface area contributed by atoms with Crippen LogP contribution in [0.15, 0.2) is 35.6 Å². The first-order valence-corrected chi connectivity index (χ1v) is 8.76. The number of hydrazone groups is 1. The SMILES string of the molecule is O=C(O)COc1c(I)cc(/C=N\Nc2ncccc2[N+](=O)[O-])cc1I. The lowest BCUT2D eigenvalue weighted by Crippen LogP contribution is -2.11. The van der Waals surface area contributed by atoms with Crippen LogP contribution in [0.3, 0.4) is 0 Å². The van der Waals surface area contributed by atoms with Crippen LogP contribution in [-0.4, -0.2) is 33.8 Å². The molecule has 0 atom stereocenters. The van der Waals surface area contributed by atoms with Crippen molar-refractivity contribution in [1.82, 2.24) is 4.98 Å². The van der Waals surface area contributed by atoms with Gasteiger partial charge in [0.15, 0.2) is 6.61 Å². The maximum absolute atomic E-state index is 10.9. The molecular formula is C14H10I2N4O5. The molecule has 2 rings (SSSR count). The summed E-state index contributed by atoms with van der Waals surface area (Å²) >= 11 is 4.06. The first kappa shape index (κ1) is 19.3. The first-order chi connectivity index (χ1) is 11.9. The largest absolute Gasteiger partial charge is 0.480 e. The average Bonchev–Trinajstić information content (AvgIpc) is 2.54. The summed E-state index contributed by atoms with van der Waals surface area (Å²) in [4.78, 5) is 24.8. The van der Waals surface area contributed by atoms with Crippen LogP contribution in [0.25, 0.3) is 0 Å². The van der Waals surface area contributed by atoms with Gasteiger partial charge in [0.25, 0.3) is 0 Å². The van der Waals surface area contributed by atoms with Crippen molar-refractivity contribution in [2.24, 2.45) is 5.10 Å². The summed E-state index contributed by atoms with van der Waals surface area (Å²) < 4.78 is 6.68. The Balaban J connectivity index is 2.14. The Morgan fingerprint density at radius 2 is 2.12 bits per heavy atom. The second kappa shape index (κ2) is 8.89. The summed E-state index contributed by atoms with van der Waals surface area (Å²) in [6.07, 6.45) is 2.90. The number of nitrogens with one attached hydrogen (secondary N) is 1. The van der Waals surface area contributed by atoms with Gasteiger partial charge in [-0.1, -0.05) is 0 Å². The minimum Gasteiger partial charge on any atom is -0.480 e. The fraction of sp³-hybridized carbons (Fsp3) is 0.0714. The van der Waals surface area contributed by atoms with Gasteiger partial charge in [0, 0.05) is 12.3 Å². The van der Waals surface area contributed by atoms with Crippen LogP contribution in [0.4, 0.5) is 11.5 Å². The number of ether oxygens (including phenoxy) is 1. The van der Waals surface area contributed by atoms with E-state index in [0.29, 0.717) is 11.3 Å². The van der Waals surface area contributed by atoms with Crippen LogP contribution < -0.4 is 10.2 Å².